The third kappa shape index (κ3) is 1.87. The molecule has 0 aliphatic heterocycles. The van der Waals surface area contributed by atoms with Gasteiger partial charge in [0, 0.05) is 18.0 Å². The van der Waals surface area contributed by atoms with Gasteiger partial charge in [-0.1, -0.05) is 11.6 Å². The normalized spacial score (nSPS) is 11.4. The molecule has 0 aromatic carbocycles. The Hall–Kier alpha value is -1.22. The Bertz CT molecular complexity index is 531. The Morgan fingerprint density at radius 2 is 2.06 bits per heavy atom. The molecule has 2 rings (SSSR count). The van der Waals surface area contributed by atoms with Crippen molar-refractivity contribution in [1.29, 1.82) is 0 Å². The Morgan fingerprint density at radius 1 is 1.38 bits per heavy atom. The van der Waals surface area contributed by atoms with Crippen molar-refractivity contribution in [2.24, 2.45) is 0 Å². The largest absolute Gasteiger partial charge is 0.489 e. The van der Waals surface area contributed by atoms with Crippen molar-refractivity contribution in [3.63, 3.8) is 0 Å². The number of nitrogens with zero attached hydrogens (tertiary/aromatic N) is 2. The average Bonchev–Trinajstić information content (AvgIpc) is 2.44. The lowest BCUT2D eigenvalue weighted by Crippen LogP contribution is -2.06. The number of hydrogen-bond donors (Lipinski definition) is 0. The first kappa shape index (κ1) is 11.3. The maximum atomic E-state index is 6.15. The van der Waals surface area contributed by atoms with E-state index in [-0.39, 0.29) is 6.10 Å². The summed E-state index contributed by atoms with van der Waals surface area (Å²) in [5.41, 5.74) is 2.99. The van der Waals surface area contributed by atoms with E-state index < -0.39 is 0 Å². The molecule has 0 fully saturated rings. The van der Waals surface area contributed by atoms with E-state index in [0.717, 1.165) is 17.0 Å². The molecule has 0 aliphatic carbocycles. The fourth-order valence-corrected chi connectivity index (χ4v) is 1.82. The average molecular weight is 239 g/mol. The molecule has 2 aromatic rings. The van der Waals surface area contributed by atoms with Crippen LogP contribution in [0.2, 0.25) is 5.02 Å². The second kappa shape index (κ2) is 3.98. The van der Waals surface area contributed by atoms with E-state index in [2.05, 4.69) is 4.98 Å². The number of hydrogen-bond acceptors (Lipinski definition) is 2. The molecule has 0 spiro atoms. The summed E-state index contributed by atoms with van der Waals surface area (Å²) < 4.78 is 7.59. The van der Waals surface area contributed by atoms with Crippen LogP contribution in [0.25, 0.3) is 5.65 Å². The van der Waals surface area contributed by atoms with E-state index in [1.807, 2.05) is 44.4 Å². The van der Waals surface area contributed by atoms with Crippen molar-refractivity contribution in [3.8, 4) is 5.75 Å². The number of imidazole rings is 1. The summed E-state index contributed by atoms with van der Waals surface area (Å²) in [4.78, 5) is 4.45. The molecule has 0 radical (unpaired) electrons. The van der Waals surface area contributed by atoms with Gasteiger partial charge in [0.25, 0.3) is 0 Å². The predicted octanol–water partition coefficient (Wildman–Crippen LogP) is 3.39. The number of halogens is 1. The lowest BCUT2D eigenvalue weighted by atomic mass is 10.4. The Balaban J connectivity index is 2.58. The molecule has 86 valence electrons. The van der Waals surface area contributed by atoms with Gasteiger partial charge in [-0.15, -0.1) is 0 Å². The number of ether oxygens (including phenoxy) is 1. The number of fused-ring (bicyclic) bond motifs is 1. The van der Waals surface area contributed by atoms with Gasteiger partial charge in [-0.3, -0.25) is 0 Å². The van der Waals surface area contributed by atoms with Crippen LogP contribution in [0.15, 0.2) is 12.3 Å². The lowest BCUT2D eigenvalue weighted by Gasteiger charge is -2.11. The third-order valence-corrected chi connectivity index (χ3v) is 2.80. The summed E-state index contributed by atoms with van der Waals surface area (Å²) in [6.45, 7) is 7.96. The minimum atomic E-state index is 0.108. The summed E-state index contributed by atoms with van der Waals surface area (Å²) >= 11 is 6.15. The van der Waals surface area contributed by atoms with Crippen LogP contribution in [0.5, 0.6) is 5.75 Å². The van der Waals surface area contributed by atoms with E-state index in [1.54, 1.807) is 0 Å². The van der Waals surface area contributed by atoms with Gasteiger partial charge in [-0.05, 0) is 27.7 Å². The molecule has 0 aliphatic rings. The highest BCUT2D eigenvalue weighted by molar-refractivity contribution is 6.32. The van der Waals surface area contributed by atoms with Crippen LogP contribution >= 0.6 is 11.6 Å². The fourth-order valence-electron chi connectivity index (χ4n) is 1.62. The molecule has 0 bridgehead atoms. The van der Waals surface area contributed by atoms with Crippen molar-refractivity contribution >= 4 is 17.2 Å². The first-order valence-corrected chi connectivity index (χ1v) is 5.68. The van der Waals surface area contributed by atoms with Crippen molar-refractivity contribution in [3.05, 3.63) is 28.7 Å². The fraction of sp³-hybridized carbons (Fsp3) is 0.417. The van der Waals surface area contributed by atoms with Gasteiger partial charge in [-0.25, -0.2) is 4.98 Å². The molecular formula is C12H15ClN2O. The summed E-state index contributed by atoms with van der Waals surface area (Å²) in [7, 11) is 0. The topological polar surface area (TPSA) is 26.5 Å². The van der Waals surface area contributed by atoms with E-state index in [1.165, 1.54) is 0 Å². The van der Waals surface area contributed by atoms with Crippen LogP contribution in [0.4, 0.5) is 0 Å². The Kier molecular flexibility index (Phi) is 2.80. The van der Waals surface area contributed by atoms with Crippen LogP contribution in [0, 0.1) is 13.8 Å². The van der Waals surface area contributed by atoms with Gasteiger partial charge >= 0.3 is 0 Å². The first-order chi connectivity index (χ1) is 7.49. The molecule has 4 heteroatoms. The maximum absolute atomic E-state index is 6.15. The Labute approximate surface area is 100 Å². The standard InChI is InChI=1S/C12H15ClN2O/c1-7(2)16-11-5-12-14-8(3)9(4)15(12)6-10(11)13/h5-7H,1-4H3. The summed E-state index contributed by atoms with van der Waals surface area (Å²) in [6.07, 6.45) is 1.96. The van der Waals surface area contributed by atoms with Gasteiger partial charge in [0.15, 0.2) is 0 Å². The van der Waals surface area contributed by atoms with Crippen LogP contribution < -0.4 is 4.74 Å². The molecule has 0 amide bonds. The SMILES string of the molecule is Cc1nc2cc(OC(C)C)c(Cl)cn2c1C. The van der Waals surface area contributed by atoms with Gasteiger partial charge in [0.1, 0.15) is 11.4 Å². The Morgan fingerprint density at radius 3 is 2.69 bits per heavy atom. The monoisotopic (exact) mass is 238 g/mol. The van der Waals surface area contributed by atoms with Crippen molar-refractivity contribution in [2.45, 2.75) is 33.8 Å². The zero-order valence-electron chi connectivity index (χ0n) is 9.91. The lowest BCUT2D eigenvalue weighted by molar-refractivity contribution is 0.242. The number of pyridine rings is 1. The molecule has 0 saturated heterocycles. The van der Waals surface area contributed by atoms with E-state index in [0.29, 0.717) is 10.8 Å². The molecule has 0 unspecified atom stereocenters. The number of aromatic nitrogens is 2. The third-order valence-electron chi connectivity index (χ3n) is 2.51. The molecule has 3 nitrogen and oxygen atoms in total. The van der Waals surface area contributed by atoms with Crippen molar-refractivity contribution in [2.75, 3.05) is 0 Å². The molecule has 0 atom stereocenters. The zero-order chi connectivity index (χ0) is 11.9. The quantitative estimate of drug-likeness (QED) is 0.802. The van der Waals surface area contributed by atoms with Gasteiger partial charge in [0.2, 0.25) is 0 Å². The van der Waals surface area contributed by atoms with Gasteiger partial charge < -0.3 is 9.14 Å². The van der Waals surface area contributed by atoms with Crippen molar-refractivity contribution < 1.29 is 4.74 Å². The molecule has 2 heterocycles. The highest BCUT2D eigenvalue weighted by Crippen LogP contribution is 2.27. The highest BCUT2D eigenvalue weighted by Gasteiger charge is 2.10. The minimum Gasteiger partial charge on any atom is -0.489 e. The van der Waals surface area contributed by atoms with Crippen LogP contribution in [-0.4, -0.2) is 15.5 Å². The molecule has 2 aromatic heterocycles. The number of rotatable bonds is 2. The van der Waals surface area contributed by atoms with Gasteiger partial charge in [-0.2, -0.15) is 0 Å². The van der Waals surface area contributed by atoms with Crippen LogP contribution in [0.3, 0.4) is 0 Å². The molecule has 0 saturated carbocycles. The summed E-state index contributed by atoms with van der Waals surface area (Å²) in [5.74, 6) is 0.689. The second-order valence-corrected chi connectivity index (χ2v) is 4.57. The predicted molar refractivity (Wildman–Crippen MR) is 65.4 cm³/mol. The smallest absolute Gasteiger partial charge is 0.143 e. The second-order valence-electron chi connectivity index (χ2n) is 4.16. The van der Waals surface area contributed by atoms with Gasteiger partial charge in [0.05, 0.1) is 16.8 Å². The summed E-state index contributed by atoms with van der Waals surface area (Å²) in [5, 5.41) is 0.613. The summed E-state index contributed by atoms with van der Waals surface area (Å²) in [6, 6.07) is 1.88. The maximum Gasteiger partial charge on any atom is 0.143 e. The van der Waals surface area contributed by atoms with E-state index >= 15 is 0 Å². The van der Waals surface area contributed by atoms with Crippen molar-refractivity contribution in [1.82, 2.24) is 9.38 Å². The molecule has 16 heavy (non-hydrogen) atoms. The van der Waals surface area contributed by atoms with Crippen LogP contribution in [0.1, 0.15) is 25.2 Å². The highest BCUT2D eigenvalue weighted by atomic mass is 35.5. The van der Waals surface area contributed by atoms with Crippen LogP contribution in [-0.2, 0) is 0 Å². The zero-order valence-corrected chi connectivity index (χ0v) is 10.7. The minimum absolute atomic E-state index is 0.108. The number of aryl methyl sites for hydroxylation is 2. The van der Waals surface area contributed by atoms with E-state index in [4.69, 9.17) is 16.3 Å². The molecule has 0 N–H and O–H groups in total. The first-order valence-electron chi connectivity index (χ1n) is 5.30. The molecular weight excluding hydrogens is 224 g/mol. The van der Waals surface area contributed by atoms with E-state index in [9.17, 15) is 0 Å².